The Bertz CT molecular complexity index is 414. The number of methoxy groups -OCH3 is 1. The van der Waals surface area contributed by atoms with Gasteiger partial charge < -0.3 is 14.6 Å². The zero-order valence-corrected chi connectivity index (χ0v) is 11.9. The number of hydrogen-bond donors (Lipinski definition) is 1. The number of hydrogen-bond acceptors (Lipinski definition) is 2. The van der Waals surface area contributed by atoms with E-state index in [-0.39, 0.29) is 5.91 Å². The van der Waals surface area contributed by atoms with E-state index < -0.39 is 0 Å². The number of carbonyl (C=O) groups is 1. The van der Waals surface area contributed by atoms with Crippen molar-refractivity contribution in [2.24, 2.45) is 0 Å². The van der Waals surface area contributed by atoms with E-state index in [1.54, 1.807) is 7.11 Å². The van der Waals surface area contributed by atoms with Gasteiger partial charge in [0.05, 0.1) is 0 Å². The van der Waals surface area contributed by atoms with E-state index in [0.717, 1.165) is 50.2 Å². The highest BCUT2D eigenvalue weighted by molar-refractivity contribution is 5.92. The molecule has 2 heterocycles. The van der Waals surface area contributed by atoms with Gasteiger partial charge in [-0.05, 0) is 44.2 Å². The second-order valence-electron chi connectivity index (χ2n) is 5.18. The largest absolute Gasteiger partial charge is 0.385 e. The minimum absolute atomic E-state index is 0.139. The molecule has 1 amide bonds. The third-order valence-electron chi connectivity index (χ3n) is 3.90. The fourth-order valence-corrected chi connectivity index (χ4v) is 2.75. The first-order chi connectivity index (χ1) is 9.26. The van der Waals surface area contributed by atoms with E-state index in [2.05, 4.69) is 11.9 Å². The molecule has 1 aliphatic heterocycles. The molecule has 106 valence electrons. The summed E-state index contributed by atoms with van der Waals surface area (Å²) in [5, 5.41) is 0. The summed E-state index contributed by atoms with van der Waals surface area (Å²) in [5.74, 6) is 0.139. The molecule has 1 fully saturated rings. The Balaban J connectivity index is 2.06. The molecule has 4 heteroatoms. The van der Waals surface area contributed by atoms with Crippen LogP contribution in [0.15, 0.2) is 12.1 Å². The van der Waals surface area contributed by atoms with Gasteiger partial charge in [0.25, 0.3) is 5.91 Å². The second kappa shape index (κ2) is 6.75. The minimum Gasteiger partial charge on any atom is -0.385 e. The van der Waals surface area contributed by atoms with Crippen molar-refractivity contribution >= 4 is 5.91 Å². The predicted molar refractivity (Wildman–Crippen MR) is 75.3 cm³/mol. The standard InChI is InChI=1S/C15H24N2O2/c1-3-12-7-8-14(16-12)15(18)17-10-5-4-6-13(17)9-11-19-2/h7-8,13,16H,3-6,9-11H2,1-2H3. The van der Waals surface area contributed by atoms with Crippen molar-refractivity contribution in [1.82, 2.24) is 9.88 Å². The van der Waals surface area contributed by atoms with Crippen molar-refractivity contribution in [3.05, 3.63) is 23.5 Å². The zero-order valence-electron chi connectivity index (χ0n) is 11.9. The van der Waals surface area contributed by atoms with Crippen LogP contribution in [0.25, 0.3) is 0 Å². The van der Waals surface area contributed by atoms with Gasteiger partial charge in [0.15, 0.2) is 0 Å². The van der Waals surface area contributed by atoms with Crippen molar-refractivity contribution < 1.29 is 9.53 Å². The second-order valence-corrected chi connectivity index (χ2v) is 5.18. The molecule has 0 saturated carbocycles. The van der Waals surface area contributed by atoms with Crippen molar-refractivity contribution in [2.45, 2.75) is 45.1 Å². The monoisotopic (exact) mass is 264 g/mol. The number of carbonyl (C=O) groups excluding carboxylic acids is 1. The summed E-state index contributed by atoms with van der Waals surface area (Å²) >= 11 is 0. The molecule has 1 aromatic heterocycles. The number of piperidine rings is 1. The van der Waals surface area contributed by atoms with E-state index in [0.29, 0.717) is 6.04 Å². The number of aromatic amines is 1. The van der Waals surface area contributed by atoms with Crippen LogP contribution in [0.4, 0.5) is 0 Å². The van der Waals surface area contributed by atoms with Crippen molar-refractivity contribution in [3.8, 4) is 0 Å². The van der Waals surface area contributed by atoms with E-state index in [4.69, 9.17) is 4.74 Å². The normalized spacial score (nSPS) is 19.7. The summed E-state index contributed by atoms with van der Waals surface area (Å²) in [6.07, 6.45) is 5.28. The molecule has 2 rings (SSSR count). The van der Waals surface area contributed by atoms with Gasteiger partial charge in [-0.3, -0.25) is 4.79 Å². The molecule has 0 spiro atoms. The number of rotatable bonds is 5. The number of nitrogens with zero attached hydrogens (tertiary/aromatic N) is 1. The quantitative estimate of drug-likeness (QED) is 0.888. The van der Waals surface area contributed by atoms with Gasteiger partial charge in [-0.15, -0.1) is 0 Å². The SMILES string of the molecule is CCc1ccc(C(=O)N2CCCCC2CCOC)[nH]1. The van der Waals surface area contributed by atoms with E-state index >= 15 is 0 Å². The van der Waals surface area contributed by atoms with Crippen LogP contribution in [0.3, 0.4) is 0 Å². The van der Waals surface area contributed by atoms with Gasteiger partial charge in [-0.1, -0.05) is 6.92 Å². The van der Waals surface area contributed by atoms with Crippen molar-refractivity contribution in [2.75, 3.05) is 20.3 Å². The van der Waals surface area contributed by atoms with Crippen LogP contribution >= 0.6 is 0 Å². The summed E-state index contributed by atoms with van der Waals surface area (Å²) in [5.41, 5.74) is 1.84. The topological polar surface area (TPSA) is 45.3 Å². The highest BCUT2D eigenvalue weighted by atomic mass is 16.5. The molecule has 1 saturated heterocycles. The molecule has 0 bridgehead atoms. The van der Waals surface area contributed by atoms with Crippen LogP contribution < -0.4 is 0 Å². The Labute approximate surface area is 115 Å². The molecular formula is C15H24N2O2. The summed E-state index contributed by atoms with van der Waals surface area (Å²) in [7, 11) is 1.72. The molecule has 1 atom stereocenters. The third kappa shape index (κ3) is 3.38. The van der Waals surface area contributed by atoms with Crippen LogP contribution in [0.1, 0.15) is 48.8 Å². The minimum atomic E-state index is 0.139. The summed E-state index contributed by atoms with van der Waals surface area (Å²) in [6, 6.07) is 4.24. The van der Waals surface area contributed by atoms with Gasteiger partial charge in [-0.25, -0.2) is 0 Å². The van der Waals surface area contributed by atoms with Crippen LogP contribution in [0.5, 0.6) is 0 Å². The van der Waals surface area contributed by atoms with E-state index in [1.165, 1.54) is 6.42 Å². The molecule has 19 heavy (non-hydrogen) atoms. The van der Waals surface area contributed by atoms with Crippen molar-refractivity contribution in [3.63, 3.8) is 0 Å². The maximum Gasteiger partial charge on any atom is 0.270 e. The first kappa shape index (κ1) is 14.1. The predicted octanol–water partition coefficient (Wildman–Crippen LogP) is 2.61. The van der Waals surface area contributed by atoms with Gasteiger partial charge in [0.1, 0.15) is 5.69 Å². The van der Waals surface area contributed by atoms with Crippen LogP contribution in [-0.4, -0.2) is 42.1 Å². The number of likely N-dealkylation sites (tertiary alicyclic amines) is 1. The molecule has 4 nitrogen and oxygen atoms in total. The van der Waals surface area contributed by atoms with Crippen molar-refractivity contribution in [1.29, 1.82) is 0 Å². The highest BCUT2D eigenvalue weighted by Gasteiger charge is 2.27. The summed E-state index contributed by atoms with van der Waals surface area (Å²) < 4.78 is 5.15. The lowest BCUT2D eigenvalue weighted by Crippen LogP contribution is -2.44. The van der Waals surface area contributed by atoms with Gasteiger partial charge in [0.2, 0.25) is 0 Å². The smallest absolute Gasteiger partial charge is 0.270 e. The van der Waals surface area contributed by atoms with Gasteiger partial charge in [0, 0.05) is 32.0 Å². The van der Waals surface area contributed by atoms with Crippen LogP contribution in [-0.2, 0) is 11.2 Å². The number of amides is 1. The lowest BCUT2D eigenvalue weighted by molar-refractivity contribution is 0.0548. The first-order valence-electron chi connectivity index (χ1n) is 7.24. The maximum atomic E-state index is 12.6. The van der Waals surface area contributed by atoms with E-state index in [1.807, 2.05) is 17.0 Å². The lowest BCUT2D eigenvalue weighted by atomic mass is 9.99. The average Bonchev–Trinajstić information content (AvgIpc) is 2.93. The van der Waals surface area contributed by atoms with Gasteiger partial charge in [-0.2, -0.15) is 0 Å². The van der Waals surface area contributed by atoms with E-state index in [9.17, 15) is 4.79 Å². The molecule has 0 radical (unpaired) electrons. The maximum absolute atomic E-state index is 12.6. The number of aryl methyl sites for hydroxylation is 1. The molecule has 1 aromatic rings. The van der Waals surface area contributed by atoms with Crippen LogP contribution in [0.2, 0.25) is 0 Å². The molecule has 1 unspecified atom stereocenters. The summed E-state index contributed by atoms with van der Waals surface area (Å²) in [6.45, 7) is 3.68. The fourth-order valence-electron chi connectivity index (χ4n) is 2.75. The fraction of sp³-hybridized carbons (Fsp3) is 0.667. The van der Waals surface area contributed by atoms with Gasteiger partial charge >= 0.3 is 0 Å². The Hall–Kier alpha value is -1.29. The molecular weight excluding hydrogens is 240 g/mol. The Morgan fingerprint density at radius 1 is 1.47 bits per heavy atom. The Morgan fingerprint density at radius 2 is 2.32 bits per heavy atom. The number of ether oxygens (including phenoxy) is 1. The summed E-state index contributed by atoms with van der Waals surface area (Å²) in [4.78, 5) is 17.8. The average molecular weight is 264 g/mol. The first-order valence-corrected chi connectivity index (χ1v) is 7.24. The molecule has 1 aliphatic rings. The number of aromatic nitrogens is 1. The molecule has 0 aromatic carbocycles. The highest BCUT2D eigenvalue weighted by Crippen LogP contribution is 2.22. The Kier molecular flexibility index (Phi) is 5.02. The molecule has 0 aliphatic carbocycles. The third-order valence-corrected chi connectivity index (χ3v) is 3.90. The lowest BCUT2D eigenvalue weighted by Gasteiger charge is -2.35. The zero-order chi connectivity index (χ0) is 13.7. The molecule has 1 N–H and O–H groups in total. The number of nitrogens with one attached hydrogen (secondary N) is 1. The van der Waals surface area contributed by atoms with Crippen LogP contribution in [0, 0.1) is 0 Å². The number of H-pyrrole nitrogens is 1. The Morgan fingerprint density at radius 3 is 3.00 bits per heavy atom.